The molecule has 4 rings (SSSR count). The fourth-order valence-electron chi connectivity index (χ4n) is 5.55. The number of piperidine rings is 1. The Labute approximate surface area is 238 Å². The number of aliphatic hydroxyl groups is 1. The zero-order valence-corrected chi connectivity index (χ0v) is 24.3. The number of amides is 1. The van der Waals surface area contributed by atoms with Crippen LogP contribution in [0.25, 0.3) is 6.08 Å². The van der Waals surface area contributed by atoms with Gasteiger partial charge in [0.1, 0.15) is 5.82 Å². The number of pyridine rings is 1. The summed E-state index contributed by atoms with van der Waals surface area (Å²) in [5.74, 6) is 0.544. The van der Waals surface area contributed by atoms with Crippen molar-refractivity contribution in [2.75, 3.05) is 48.4 Å². The molecule has 1 N–H and O–H groups in total. The Balaban J connectivity index is 1.47. The average molecular weight is 549 g/mol. The molecular formula is C32H44N4O4. The van der Waals surface area contributed by atoms with E-state index in [1.165, 1.54) is 17.5 Å². The van der Waals surface area contributed by atoms with Crippen LogP contribution in [0.15, 0.2) is 48.7 Å². The topological polar surface area (TPSA) is 86.2 Å². The third kappa shape index (κ3) is 8.07. The average Bonchev–Trinajstić information content (AvgIpc) is 2.95. The minimum atomic E-state index is -0.398. The van der Waals surface area contributed by atoms with Gasteiger partial charge in [0, 0.05) is 63.3 Å². The maximum absolute atomic E-state index is 13.8. The van der Waals surface area contributed by atoms with Crippen LogP contribution in [0.1, 0.15) is 57.9 Å². The number of esters is 1. The molecule has 1 saturated heterocycles. The number of nitrogens with zero attached hydrogens (tertiary/aromatic N) is 4. The lowest BCUT2D eigenvalue weighted by Crippen LogP contribution is -2.44. The van der Waals surface area contributed by atoms with Gasteiger partial charge in [-0.1, -0.05) is 0 Å². The minimum Gasteiger partial charge on any atom is -0.460 e. The molecule has 8 heteroatoms. The van der Waals surface area contributed by atoms with Crippen LogP contribution in [0.2, 0.25) is 0 Å². The fraction of sp³-hybridized carbons (Fsp3) is 0.531. The van der Waals surface area contributed by atoms with Crippen LogP contribution < -0.4 is 14.7 Å². The van der Waals surface area contributed by atoms with E-state index in [4.69, 9.17) is 4.74 Å². The summed E-state index contributed by atoms with van der Waals surface area (Å²) in [5, 5.41) is 9.99. The van der Waals surface area contributed by atoms with Crippen molar-refractivity contribution in [1.29, 1.82) is 0 Å². The van der Waals surface area contributed by atoms with Crippen molar-refractivity contribution in [2.24, 2.45) is 11.8 Å². The van der Waals surface area contributed by atoms with Crippen LogP contribution in [-0.2, 0) is 14.3 Å². The van der Waals surface area contributed by atoms with Crippen LogP contribution in [-0.4, -0.2) is 67.9 Å². The van der Waals surface area contributed by atoms with E-state index in [0.717, 1.165) is 31.5 Å². The number of aromatic nitrogens is 1. The van der Waals surface area contributed by atoms with E-state index in [-0.39, 0.29) is 24.0 Å². The number of carbonyl (C=O) groups excluding carboxylic acids is 2. The van der Waals surface area contributed by atoms with E-state index in [1.807, 2.05) is 45.0 Å². The predicted octanol–water partition coefficient (Wildman–Crippen LogP) is 4.91. The van der Waals surface area contributed by atoms with Crippen molar-refractivity contribution in [3.63, 3.8) is 0 Å². The van der Waals surface area contributed by atoms with Gasteiger partial charge in [-0.2, -0.15) is 0 Å². The highest BCUT2D eigenvalue weighted by Gasteiger charge is 2.32. The lowest BCUT2D eigenvalue weighted by atomic mass is 9.86. The van der Waals surface area contributed by atoms with E-state index in [0.29, 0.717) is 44.0 Å². The lowest BCUT2D eigenvalue weighted by Gasteiger charge is -2.37. The van der Waals surface area contributed by atoms with Gasteiger partial charge < -0.3 is 19.6 Å². The standard InChI is InChI=1S/C32H44N4O4/c1-23(2)40-31(38)14-5-24-15-18-33-30(21-24)36(32(39)26-6-12-29(37)13-7-26)22-25-16-19-35(20-17-25)28-10-8-27(9-11-28)34(3)4/h5,8-11,14-15,18,21,23,25-26,29,37H,6-7,12-13,16-17,19-20,22H2,1-4H3/b14-5+. The smallest absolute Gasteiger partial charge is 0.331 e. The molecule has 2 fully saturated rings. The molecule has 40 heavy (non-hydrogen) atoms. The lowest BCUT2D eigenvalue weighted by molar-refractivity contribution is -0.141. The Morgan fingerprint density at radius 1 is 1.05 bits per heavy atom. The van der Waals surface area contributed by atoms with E-state index in [1.54, 1.807) is 12.3 Å². The summed E-state index contributed by atoms with van der Waals surface area (Å²) in [7, 11) is 4.09. The SMILES string of the molecule is CC(C)OC(=O)/C=C/c1ccnc(N(CC2CCN(c3ccc(N(C)C)cc3)CC2)C(=O)C2CCC(O)CC2)c1. The summed E-state index contributed by atoms with van der Waals surface area (Å²) in [6, 6.07) is 12.4. The Bertz CT molecular complexity index is 1150. The summed E-state index contributed by atoms with van der Waals surface area (Å²) in [6.45, 7) is 6.13. The zero-order valence-electron chi connectivity index (χ0n) is 24.3. The zero-order chi connectivity index (χ0) is 28.6. The molecule has 216 valence electrons. The largest absolute Gasteiger partial charge is 0.460 e. The first-order chi connectivity index (χ1) is 19.2. The van der Waals surface area contributed by atoms with Crippen LogP contribution in [0.5, 0.6) is 0 Å². The first-order valence-electron chi connectivity index (χ1n) is 14.6. The highest BCUT2D eigenvalue weighted by Crippen LogP contribution is 2.31. The molecular weight excluding hydrogens is 504 g/mol. The monoisotopic (exact) mass is 548 g/mol. The summed E-state index contributed by atoms with van der Waals surface area (Å²) < 4.78 is 5.20. The van der Waals surface area contributed by atoms with E-state index in [2.05, 4.69) is 39.0 Å². The van der Waals surface area contributed by atoms with Gasteiger partial charge in [0.25, 0.3) is 0 Å². The molecule has 1 aliphatic carbocycles. The second kappa shape index (κ2) is 13.8. The second-order valence-electron chi connectivity index (χ2n) is 11.6. The molecule has 2 aromatic rings. The van der Waals surface area contributed by atoms with Gasteiger partial charge in [-0.05, 0) is 106 Å². The third-order valence-corrected chi connectivity index (χ3v) is 7.91. The van der Waals surface area contributed by atoms with Crippen LogP contribution in [0.4, 0.5) is 17.2 Å². The predicted molar refractivity (Wildman–Crippen MR) is 161 cm³/mol. The maximum Gasteiger partial charge on any atom is 0.331 e. The Hall–Kier alpha value is -3.39. The molecule has 1 aromatic heterocycles. The molecule has 8 nitrogen and oxygen atoms in total. The molecule has 1 saturated carbocycles. The number of hydrogen-bond donors (Lipinski definition) is 1. The molecule has 0 bridgehead atoms. The van der Waals surface area contributed by atoms with Gasteiger partial charge in [0.05, 0.1) is 12.2 Å². The van der Waals surface area contributed by atoms with Crippen LogP contribution in [0.3, 0.4) is 0 Å². The van der Waals surface area contributed by atoms with Crippen molar-refractivity contribution in [2.45, 2.75) is 64.6 Å². The Morgan fingerprint density at radius 3 is 2.35 bits per heavy atom. The summed E-state index contributed by atoms with van der Waals surface area (Å²) in [5.41, 5.74) is 3.21. The number of aliphatic hydroxyl groups excluding tert-OH is 1. The molecule has 2 aliphatic rings. The van der Waals surface area contributed by atoms with Gasteiger partial charge in [-0.15, -0.1) is 0 Å². The van der Waals surface area contributed by atoms with Gasteiger partial charge >= 0.3 is 5.97 Å². The molecule has 0 spiro atoms. The van der Waals surface area contributed by atoms with Crippen LogP contribution in [0, 0.1) is 11.8 Å². The second-order valence-corrected chi connectivity index (χ2v) is 11.6. The highest BCUT2D eigenvalue weighted by atomic mass is 16.5. The van der Waals surface area contributed by atoms with Gasteiger partial charge in [0.2, 0.25) is 5.91 Å². The van der Waals surface area contributed by atoms with Gasteiger partial charge in [0.15, 0.2) is 0 Å². The molecule has 1 amide bonds. The number of rotatable bonds is 9. The third-order valence-electron chi connectivity index (χ3n) is 7.91. The number of carbonyl (C=O) groups is 2. The normalized spacial score (nSPS) is 20.1. The molecule has 0 atom stereocenters. The van der Waals surface area contributed by atoms with E-state index < -0.39 is 5.97 Å². The van der Waals surface area contributed by atoms with E-state index in [9.17, 15) is 14.7 Å². The van der Waals surface area contributed by atoms with Crippen molar-refractivity contribution < 1.29 is 19.4 Å². The number of hydrogen-bond acceptors (Lipinski definition) is 7. The summed E-state index contributed by atoms with van der Waals surface area (Å²) >= 11 is 0. The number of ether oxygens (including phenoxy) is 1. The van der Waals surface area contributed by atoms with Crippen molar-refractivity contribution in [3.8, 4) is 0 Å². The highest BCUT2D eigenvalue weighted by molar-refractivity contribution is 5.94. The molecule has 2 heterocycles. The van der Waals surface area contributed by atoms with Crippen molar-refractivity contribution >= 4 is 35.1 Å². The minimum absolute atomic E-state index is 0.0847. The molecule has 1 aromatic carbocycles. The Morgan fingerprint density at radius 2 is 1.73 bits per heavy atom. The Kier molecular flexibility index (Phi) is 10.2. The number of benzene rings is 1. The molecule has 1 aliphatic heterocycles. The molecule has 0 radical (unpaired) electrons. The maximum atomic E-state index is 13.8. The fourth-order valence-corrected chi connectivity index (χ4v) is 5.55. The summed E-state index contributed by atoms with van der Waals surface area (Å²) in [6.07, 6.45) is 8.98. The van der Waals surface area contributed by atoms with Gasteiger partial charge in [-0.3, -0.25) is 9.69 Å². The van der Waals surface area contributed by atoms with Crippen molar-refractivity contribution in [3.05, 3.63) is 54.2 Å². The first-order valence-corrected chi connectivity index (χ1v) is 14.6. The first kappa shape index (κ1) is 29.6. The van der Waals surface area contributed by atoms with Gasteiger partial charge in [-0.25, -0.2) is 9.78 Å². The number of anilines is 3. The van der Waals surface area contributed by atoms with E-state index >= 15 is 0 Å². The quantitative estimate of drug-likeness (QED) is 0.352. The van der Waals surface area contributed by atoms with Crippen molar-refractivity contribution in [1.82, 2.24) is 4.98 Å². The van der Waals surface area contributed by atoms with Crippen LogP contribution >= 0.6 is 0 Å². The summed E-state index contributed by atoms with van der Waals surface area (Å²) in [4.78, 5) is 36.8. The molecule has 0 unspecified atom stereocenters.